The van der Waals surface area contributed by atoms with Crippen LogP contribution in [0, 0.1) is 5.41 Å². The largest absolute Gasteiger partial charge is 0.494 e. The van der Waals surface area contributed by atoms with Crippen molar-refractivity contribution in [3.63, 3.8) is 0 Å². The lowest BCUT2D eigenvalue weighted by Gasteiger charge is -2.14. The second-order valence-corrected chi connectivity index (χ2v) is 6.28. The summed E-state index contributed by atoms with van der Waals surface area (Å²) in [6.45, 7) is 5.24. The van der Waals surface area contributed by atoms with E-state index in [-0.39, 0.29) is 0 Å². The van der Waals surface area contributed by atoms with Crippen LogP contribution in [0.25, 0.3) is 0 Å². The highest BCUT2D eigenvalue weighted by molar-refractivity contribution is 5.27. The fourth-order valence-electron chi connectivity index (χ4n) is 2.65. The summed E-state index contributed by atoms with van der Waals surface area (Å²) in [5, 5.41) is 12.6. The van der Waals surface area contributed by atoms with Crippen LogP contribution in [0.15, 0.2) is 24.3 Å². The smallest absolute Gasteiger partial charge is 0.119 e. The Labute approximate surface area is 128 Å². The molecule has 0 spiro atoms. The van der Waals surface area contributed by atoms with Crippen LogP contribution >= 0.6 is 0 Å². The lowest BCUT2D eigenvalue weighted by Crippen LogP contribution is -2.24. The Kier molecular flexibility index (Phi) is 6.52. The maximum Gasteiger partial charge on any atom is 0.119 e. The van der Waals surface area contributed by atoms with Gasteiger partial charge in [0.1, 0.15) is 5.75 Å². The molecule has 0 radical (unpaired) electrons. The van der Waals surface area contributed by atoms with Gasteiger partial charge in [0.2, 0.25) is 0 Å². The van der Waals surface area contributed by atoms with Gasteiger partial charge in [-0.3, -0.25) is 0 Å². The Bertz CT molecular complexity index is 398. The highest BCUT2D eigenvalue weighted by Crippen LogP contribution is 2.47. The van der Waals surface area contributed by atoms with Crippen molar-refractivity contribution in [3.8, 4) is 5.75 Å². The molecule has 1 aromatic carbocycles. The summed E-state index contributed by atoms with van der Waals surface area (Å²) >= 11 is 0. The van der Waals surface area contributed by atoms with Crippen molar-refractivity contribution < 1.29 is 9.84 Å². The highest BCUT2D eigenvalue weighted by Gasteiger charge is 2.41. The van der Waals surface area contributed by atoms with Crippen LogP contribution < -0.4 is 10.1 Å². The molecule has 21 heavy (non-hydrogen) atoms. The molecule has 1 aromatic rings. The number of hydrogen-bond acceptors (Lipinski definition) is 3. The summed E-state index contributed by atoms with van der Waals surface area (Å²) in [4.78, 5) is 0. The van der Waals surface area contributed by atoms with Crippen molar-refractivity contribution in [1.29, 1.82) is 0 Å². The van der Waals surface area contributed by atoms with E-state index in [1.54, 1.807) is 0 Å². The monoisotopic (exact) mass is 291 g/mol. The molecule has 1 saturated carbocycles. The minimum absolute atomic E-state index is 0.311. The summed E-state index contributed by atoms with van der Waals surface area (Å²) in [6, 6.07) is 8.38. The fourth-order valence-corrected chi connectivity index (χ4v) is 2.65. The topological polar surface area (TPSA) is 41.5 Å². The number of ether oxygens (including phenoxy) is 1. The van der Waals surface area contributed by atoms with E-state index in [1.807, 2.05) is 0 Å². The fraction of sp³-hybridized carbons (Fsp3) is 0.667. The van der Waals surface area contributed by atoms with E-state index >= 15 is 0 Å². The maximum atomic E-state index is 9.05. The molecule has 0 unspecified atom stereocenters. The molecule has 3 heteroatoms. The lowest BCUT2D eigenvalue weighted by atomic mass is 10.0. The molecule has 2 rings (SSSR count). The van der Waals surface area contributed by atoms with Crippen LogP contribution in [-0.4, -0.2) is 24.9 Å². The minimum atomic E-state index is 0.311. The maximum absolute atomic E-state index is 9.05. The van der Waals surface area contributed by atoms with E-state index in [0.29, 0.717) is 12.0 Å². The molecule has 0 aliphatic heterocycles. The predicted octanol–water partition coefficient (Wildman–Crippen LogP) is 3.51. The van der Waals surface area contributed by atoms with E-state index in [1.165, 1.54) is 31.2 Å². The number of rotatable bonds is 11. The number of unbranched alkanes of at least 4 members (excludes halogenated alkanes) is 2. The van der Waals surface area contributed by atoms with Crippen molar-refractivity contribution in [1.82, 2.24) is 5.32 Å². The van der Waals surface area contributed by atoms with E-state index in [0.717, 1.165) is 38.3 Å². The normalized spacial score (nSPS) is 15.9. The first-order chi connectivity index (χ1) is 10.3. The first-order valence-electron chi connectivity index (χ1n) is 8.31. The molecule has 0 heterocycles. The van der Waals surface area contributed by atoms with Crippen molar-refractivity contribution in [2.75, 3.05) is 19.8 Å². The Hall–Kier alpha value is -1.06. The van der Waals surface area contributed by atoms with Crippen molar-refractivity contribution in [2.24, 2.45) is 5.41 Å². The summed E-state index contributed by atoms with van der Waals surface area (Å²) in [5.41, 5.74) is 1.67. The van der Waals surface area contributed by atoms with Gasteiger partial charge in [-0.25, -0.2) is 0 Å². The molecule has 0 amide bonds. The third kappa shape index (κ3) is 5.68. The van der Waals surface area contributed by atoms with Gasteiger partial charge in [-0.2, -0.15) is 0 Å². The van der Waals surface area contributed by atoms with Crippen LogP contribution in [0.1, 0.15) is 51.0 Å². The van der Waals surface area contributed by atoms with Gasteiger partial charge in [0.15, 0.2) is 0 Å². The SMILES string of the molecule is CCCCCOc1ccc(CNCC2(CCO)CC2)cc1. The van der Waals surface area contributed by atoms with Gasteiger partial charge in [-0.1, -0.05) is 31.9 Å². The quantitative estimate of drug-likeness (QED) is 0.613. The first-order valence-corrected chi connectivity index (χ1v) is 8.31. The third-order valence-corrected chi connectivity index (χ3v) is 4.37. The van der Waals surface area contributed by atoms with Crippen molar-refractivity contribution >= 4 is 0 Å². The Morgan fingerprint density at radius 2 is 1.95 bits per heavy atom. The molecular weight excluding hydrogens is 262 g/mol. The highest BCUT2D eigenvalue weighted by atomic mass is 16.5. The van der Waals surface area contributed by atoms with Crippen molar-refractivity contribution in [3.05, 3.63) is 29.8 Å². The first kappa shape index (κ1) is 16.3. The Morgan fingerprint density at radius 1 is 1.19 bits per heavy atom. The van der Waals surface area contributed by atoms with Gasteiger partial charge in [0.25, 0.3) is 0 Å². The zero-order chi connectivity index (χ0) is 15.0. The Morgan fingerprint density at radius 3 is 2.57 bits per heavy atom. The summed E-state index contributed by atoms with van der Waals surface area (Å²) in [5.74, 6) is 0.966. The molecule has 0 bridgehead atoms. The molecular formula is C18H29NO2. The number of hydrogen-bond donors (Lipinski definition) is 2. The molecule has 0 aromatic heterocycles. The van der Waals surface area contributed by atoms with Crippen LogP contribution in [-0.2, 0) is 6.54 Å². The average molecular weight is 291 g/mol. The minimum Gasteiger partial charge on any atom is -0.494 e. The van der Waals surface area contributed by atoms with Gasteiger partial charge in [-0.05, 0) is 48.8 Å². The van der Waals surface area contributed by atoms with Crippen LogP contribution in [0.4, 0.5) is 0 Å². The average Bonchev–Trinajstić information content (AvgIpc) is 3.25. The lowest BCUT2D eigenvalue weighted by molar-refractivity contribution is 0.245. The standard InChI is InChI=1S/C18H29NO2/c1-2-3-4-13-21-17-7-5-16(6-8-17)14-19-15-18(9-10-18)11-12-20/h5-8,19-20H,2-4,9-15H2,1H3. The predicted molar refractivity (Wildman–Crippen MR) is 86.5 cm³/mol. The molecule has 1 fully saturated rings. The van der Waals surface area contributed by atoms with E-state index in [2.05, 4.69) is 36.5 Å². The molecule has 2 N–H and O–H groups in total. The van der Waals surface area contributed by atoms with Crippen LogP contribution in [0.2, 0.25) is 0 Å². The number of benzene rings is 1. The number of nitrogens with one attached hydrogen (secondary N) is 1. The van der Waals surface area contributed by atoms with Crippen LogP contribution in [0.5, 0.6) is 5.75 Å². The van der Waals surface area contributed by atoms with Crippen molar-refractivity contribution in [2.45, 2.75) is 52.0 Å². The number of aliphatic hydroxyl groups is 1. The molecule has 3 nitrogen and oxygen atoms in total. The summed E-state index contributed by atoms with van der Waals surface area (Å²) in [6.07, 6.45) is 7.04. The van der Waals surface area contributed by atoms with Crippen LogP contribution in [0.3, 0.4) is 0 Å². The second-order valence-electron chi connectivity index (χ2n) is 6.28. The zero-order valence-electron chi connectivity index (χ0n) is 13.2. The van der Waals surface area contributed by atoms with Gasteiger partial charge in [-0.15, -0.1) is 0 Å². The van der Waals surface area contributed by atoms with E-state index < -0.39 is 0 Å². The van der Waals surface area contributed by atoms with Gasteiger partial charge < -0.3 is 15.2 Å². The molecule has 0 atom stereocenters. The molecule has 1 aliphatic carbocycles. The van der Waals surface area contributed by atoms with E-state index in [4.69, 9.17) is 9.84 Å². The third-order valence-electron chi connectivity index (χ3n) is 4.37. The molecule has 1 aliphatic rings. The molecule has 118 valence electrons. The van der Waals surface area contributed by atoms with Gasteiger partial charge >= 0.3 is 0 Å². The zero-order valence-corrected chi connectivity index (χ0v) is 13.2. The van der Waals surface area contributed by atoms with Gasteiger partial charge in [0, 0.05) is 19.7 Å². The van der Waals surface area contributed by atoms with E-state index in [9.17, 15) is 0 Å². The molecule has 0 saturated heterocycles. The summed E-state index contributed by atoms with van der Waals surface area (Å²) < 4.78 is 5.72. The second kappa shape index (κ2) is 8.40. The number of aliphatic hydroxyl groups excluding tert-OH is 1. The summed E-state index contributed by atoms with van der Waals surface area (Å²) in [7, 11) is 0. The Balaban J connectivity index is 1.65. The van der Waals surface area contributed by atoms with Gasteiger partial charge in [0.05, 0.1) is 6.61 Å².